The number of halogens is 1. The van der Waals surface area contributed by atoms with E-state index in [4.69, 9.17) is 5.73 Å². The molecule has 21 heavy (non-hydrogen) atoms. The van der Waals surface area contributed by atoms with Crippen LogP contribution in [0.3, 0.4) is 0 Å². The van der Waals surface area contributed by atoms with Gasteiger partial charge in [0.2, 0.25) is 0 Å². The number of nitrogens with two attached hydrogens (primary N) is 1. The van der Waals surface area contributed by atoms with E-state index >= 15 is 0 Å². The van der Waals surface area contributed by atoms with Crippen LogP contribution in [0.4, 0.5) is 5.69 Å². The van der Waals surface area contributed by atoms with Gasteiger partial charge >= 0.3 is 0 Å². The van der Waals surface area contributed by atoms with E-state index < -0.39 is 0 Å². The summed E-state index contributed by atoms with van der Waals surface area (Å²) < 4.78 is 1.13. The van der Waals surface area contributed by atoms with Crippen molar-refractivity contribution in [3.05, 3.63) is 64.1 Å². The lowest BCUT2D eigenvalue weighted by atomic mass is 9.95. The molecular weight excluding hydrogens is 324 g/mol. The number of likely N-dealkylation sites (N-methyl/N-ethyl adjacent to an activating group) is 1. The first-order valence-corrected chi connectivity index (χ1v) is 8.16. The van der Waals surface area contributed by atoms with Gasteiger partial charge < -0.3 is 10.6 Å². The van der Waals surface area contributed by atoms with Crippen LogP contribution in [0.1, 0.15) is 24.0 Å². The topological polar surface area (TPSA) is 29.3 Å². The standard InChI is InChI=1S/C18H21BrN2/c1-21(12-14-2-6-16(19)7-3-14)13-18(10-11-18)15-4-8-17(20)9-5-15/h2-9H,10-13,20H2,1H3. The van der Waals surface area contributed by atoms with Crippen LogP contribution in [0.15, 0.2) is 53.0 Å². The summed E-state index contributed by atoms with van der Waals surface area (Å²) in [6.07, 6.45) is 2.56. The largest absolute Gasteiger partial charge is 0.399 e. The molecule has 110 valence electrons. The molecule has 2 nitrogen and oxygen atoms in total. The average molecular weight is 345 g/mol. The first kappa shape index (κ1) is 14.6. The highest BCUT2D eigenvalue weighted by molar-refractivity contribution is 9.10. The second kappa shape index (κ2) is 5.82. The van der Waals surface area contributed by atoms with Gasteiger partial charge in [-0.3, -0.25) is 0 Å². The third-order valence-electron chi connectivity index (χ3n) is 4.31. The average Bonchev–Trinajstić information content (AvgIpc) is 3.23. The van der Waals surface area contributed by atoms with E-state index in [2.05, 4.69) is 64.3 Å². The molecule has 0 aliphatic heterocycles. The SMILES string of the molecule is CN(Cc1ccc(Br)cc1)CC1(c2ccc(N)cc2)CC1. The molecule has 1 aliphatic carbocycles. The number of nitrogens with zero attached hydrogens (tertiary/aromatic N) is 1. The fourth-order valence-corrected chi connectivity index (χ4v) is 3.26. The van der Waals surface area contributed by atoms with Gasteiger partial charge in [0.1, 0.15) is 0 Å². The summed E-state index contributed by atoms with van der Waals surface area (Å²) in [5.74, 6) is 0. The Balaban J connectivity index is 1.65. The summed E-state index contributed by atoms with van der Waals surface area (Å²) in [6.45, 7) is 2.09. The molecule has 3 rings (SSSR count). The number of anilines is 1. The Morgan fingerprint density at radius 2 is 1.67 bits per heavy atom. The summed E-state index contributed by atoms with van der Waals surface area (Å²) in [5.41, 5.74) is 9.77. The Kier molecular flexibility index (Phi) is 4.05. The molecule has 0 radical (unpaired) electrons. The molecular formula is C18H21BrN2. The van der Waals surface area contributed by atoms with Crippen molar-refractivity contribution < 1.29 is 0 Å². The third kappa shape index (κ3) is 3.47. The number of rotatable bonds is 5. The predicted octanol–water partition coefficient (Wildman–Crippen LogP) is 4.19. The molecule has 0 aromatic heterocycles. The molecule has 0 amide bonds. The minimum atomic E-state index is 0.345. The van der Waals surface area contributed by atoms with Crippen molar-refractivity contribution in [3.63, 3.8) is 0 Å². The van der Waals surface area contributed by atoms with Crippen molar-refractivity contribution in [3.8, 4) is 0 Å². The van der Waals surface area contributed by atoms with Gasteiger partial charge in [-0.1, -0.05) is 40.2 Å². The maximum Gasteiger partial charge on any atom is 0.0314 e. The minimum absolute atomic E-state index is 0.345. The van der Waals surface area contributed by atoms with E-state index in [0.717, 1.165) is 23.2 Å². The highest BCUT2D eigenvalue weighted by Gasteiger charge is 2.44. The van der Waals surface area contributed by atoms with Crippen LogP contribution in [0.2, 0.25) is 0 Å². The fourth-order valence-electron chi connectivity index (χ4n) is 3.00. The van der Waals surface area contributed by atoms with Crippen LogP contribution in [0, 0.1) is 0 Å². The quantitative estimate of drug-likeness (QED) is 0.823. The lowest BCUT2D eigenvalue weighted by Crippen LogP contribution is -2.28. The van der Waals surface area contributed by atoms with Crippen molar-refractivity contribution in [2.24, 2.45) is 0 Å². The van der Waals surface area contributed by atoms with Gasteiger partial charge in [0, 0.05) is 28.7 Å². The molecule has 2 aromatic rings. The molecule has 1 fully saturated rings. The molecule has 0 spiro atoms. The Morgan fingerprint density at radius 1 is 1.05 bits per heavy atom. The van der Waals surface area contributed by atoms with Crippen LogP contribution >= 0.6 is 15.9 Å². The van der Waals surface area contributed by atoms with Crippen molar-refractivity contribution in [1.82, 2.24) is 4.90 Å². The second-order valence-corrected chi connectivity index (χ2v) is 7.12. The monoisotopic (exact) mass is 344 g/mol. The Hall–Kier alpha value is -1.32. The van der Waals surface area contributed by atoms with E-state index in [1.54, 1.807) is 0 Å². The van der Waals surface area contributed by atoms with Crippen LogP contribution < -0.4 is 5.73 Å². The maximum atomic E-state index is 5.79. The lowest BCUT2D eigenvalue weighted by Gasteiger charge is -2.24. The van der Waals surface area contributed by atoms with E-state index in [-0.39, 0.29) is 0 Å². The van der Waals surface area contributed by atoms with E-state index in [9.17, 15) is 0 Å². The van der Waals surface area contributed by atoms with Crippen LogP contribution in [0.5, 0.6) is 0 Å². The molecule has 0 unspecified atom stereocenters. The molecule has 3 heteroatoms. The Bertz CT molecular complexity index is 600. The number of benzene rings is 2. The summed E-state index contributed by atoms with van der Waals surface area (Å²) in [4.78, 5) is 2.42. The third-order valence-corrected chi connectivity index (χ3v) is 4.84. The zero-order chi connectivity index (χ0) is 14.9. The molecule has 1 aliphatic rings. The summed E-state index contributed by atoms with van der Waals surface area (Å²) in [7, 11) is 2.21. The zero-order valence-corrected chi connectivity index (χ0v) is 13.9. The van der Waals surface area contributed by atoms with Crippen molar-refractivity contribution in [2.75, 3.05) is 19.3 Å². The van der Waals surface area contributed by atoms with E-state index in [0.29, 0.717) is 5.41 Å². The molecule has 0 bridgehead atoms. The van der Waals surface area contributed by atoms with Crippen LogP contribution in [-0.2, 0) is 12.0 Å². The Morgan fingerprint density at radius 3 is 2.24 bits per heavy atom. The maximum absolute atomic E-state index is 5.79. The lowest BCUT2D eigenvalue weighted by molar-refractivity contribution is 0.294. The normalized spacial score (nSPS) is 16.1. The van der Waals surface area contributed by atoms with Gasteiger partial charge in [-0.15, -0.1) is 0 Å². The van der Waals surface area contributed by atoms with Gasteiger partial charge in [-0.2, -0.15) is 0 Å². The van der Waals surface area contributed by atoms with Crippen molar-refractivity contribution >= 4 is 21.6 Å². The predicted molar refractivity (Wildman–Crippen MR) is 92.2 cm³/mol. The summed E-state index contributed by atoms with van der Waals surface area (Å²) >= 11 is 3.48. The van der Waals surface area contributed by atoms with Gasteiger partial charge in [0.05, 0.1) is 0 Å². The van der Waals surface area contributed by atoms with Gasteiger partial charge in [-0.25, -0.2) is 0 Å². The van der Waals surface area contributed by atoms with E-state index in [1.165, 1.54) is 24.0 Å². The zero-order valence-electron chi connectivity index (χ0n) is 12.3. The van der Waals surface area contributed by atoms with Gasteiger partial charge in [0.15, 0.2) is 0 Å². The van der Waals surface area contributed by atoms with Gasteiger partial charge in [-0.05, 0) is 55.3 Å². The van der Waals surface area contributed by atoms with E-state index in [1.807, 2.05) is 12.1 Å². The molecule has 2 aromatic carbocycles. The first-order valence-electron chi connectivity index (χ1n) is 7.36. The molecule has 0 heterocycles. The number of hydrogen-bond donors (Lipinski definition) is 1. The number of hydrogen-bond acceptors (Lipinski definition) is 2. The number of nitrogen functional groups attached to an aromatic ring is 1. The van der Waals surface area contributed by atoms with Gasteiger partial charge in [0.25, 0.3) is 0 Å². The van der Waals surface area contributed by atoms with Crippen LogP contribution in [-0.4, -0.2) is 18.5 Å². The molecule has 2 N–H and O–H groups in total. The van der Waals surface area contributed by atoms with Crippen molar-refractivity contribution in [2.45, 2.75) is 24.8 Å². The minimum Gasteiger partial charge on any atom is -0.399 e. The Labute approximate surface area is 135 Å². The molecule has 0 saturated heterocycles. The van der Waals surface area contributed by atoms with Crippen molar-refractivity contribution in [1.29, 1.82) is 0 Å². The summed E-state index contributed by atoms with van der Waals surface area (Å²) in [6, 6.07) is 17.0. The fraction of sp³-hybridized carbons (Fsp3) is 0.333. The summed E-state index contributed by atoms with van der Waals surface area (Å²) in [5, 5.41) is 0. The molecule has 0 atom stereocenters. The molecule has 1 saturated carbocycles. The highest BCUT2D eigenvalue weighted by Crippen LogP contribution is 2.48. The first-order chi connectivity index (χ1) is 10.1. The second-order valence-electron chi connectivity index (χ2n) is 6.20. The smallest absolute Gasteiger partial charge is 0.0314 e. The van der Waals surface area contributed by atoms with Crippen LogP contribution in [0.25, 0.3) is 0 Å². The highest BCUT2D eigenvalue weighted by atomic mass is 79.9.